The van der Waals surface area contributed by atoms with Crippen LogP contribution in [0.5, 0.6) is 0 Å². The SMILES string of the molecule is O=C(c1ccc(Br)cc1NC1(Cc2cccc(Cl)c2)CNc2cc(Cl)ccc21)N1CCOCC1. The fraction of sp³-hybridized carbons (Fsp3) is 0.269. The Hall–Kier alpha value is -2.25. The zero-order chi connectivity index (χ0) is 23.7. The summed E-state index contributed by atoms with van der Waals surface area (Å²) in [6.45, 7) is 2.92. The van der Waals surface area contributed by atoms with Gasteiger partial charge in [0.25, 0.3) is 5.91 Å². The number of benzene rings is 3. The quantitative estimate of drug-likeness (QED) is 0.390. The third kappa shape index (κ3) is 4.78. The fourth-order valence-corrected chi connectivity index (χ4v) is 5.48. The Balaban J connectivity index is 1.57. The van der Waals surface area contributed by atoms with Crippen LogP contribution < -0.4 is 10.6 Å². The number of hydrogen-bond acceptors (Lipinski definition) is 4. The number of amides is 1. The average Bonchev–Trinajstić information content (AvgIpc) is 3.16. The highest BCUT2D eigenvalue weighted by molar-refractivity contribution is 9.10. The van der Waals surface area contributed by atoms with Crippen LogP contribution >= 0.6 is 39.1 Å². The summed E-state index contributed by atoms with van der Waals surface area (Å²) in [7, 11) is 0. The molecule has 5 nitrogen and oxygen atoms in total. The van der Waals surface area contributed by atoms with Crippen molar-refractivity contribution in [3.63, 3.8) is 0 Å². The van der Waals surface area contributed by atoms with E-state index in [2.05, 4.69) is 38.7 Å². The van der Waals surface area contributed by atoms with Crippen LogP contribution in [0, 0.1) is 0 Å². The summed E-state index contributed by atoms with van der Waals surface area (Å²) in [6.07, 6.45) is 0.674. The Morgan fingerprint density at radius 1 is 1.06 bits per heavy atom. The lowest BCUT2D eigenvalue weighted by molar-refractivity contribution is 0.0303. The van der Waals surface area contributed by atoms with Crippen LogP contribution in [0.1, 0.15) is 21.5 Å². The molecule has 1 unspecified atom stereocenters. The van der Waals surface area contributed by atoms with Gasteiger partial charge in [-0.05, 0) is 48.0 Å². The van der Waals surface area contributed by atoms with Crippen molar-refractivity contribution in [2.24, 2.45) is 0 Å². The van der Waals surface area contributed by atoms with Gasteiger partial charge in [-0.15, -0.1) is 0 Å². The number of anilines is 2. The summed E-state index contributed by atoms with van der Waals surface area (Å²) in [5, 5.41) is 8.65. The lowest BCUT2D eigenvalue weighted by Gasteiger charge is -2.34. The van der Waals surface area contributed by atoms with Gasteiger partial charge < -0.3 is 20.3 Å². The molecule has 0 aliphatic carbocycles. The second-order valence-corrected chi connectivity index (χ2v) is 10.4. The molecule has 0 radical (unpaired) electrons. The van der Waals surface area contributed by atoms with Gasteiger partial charge in [0, 0.05) is 57.5 Å². The van der Waals surface area contributed by atoms with E-state index in [-0.39, 0.29) is 5.91 Å². The topological polar surface area (TPSA) is 53.6 Å². The van der Waals surface area contributed by atoms with Gasteiger partial charge in [-0.3, -0.25) is 4.79 Å². The standard InChI is InChI=1S/C26H24BrCl2N3O2/c27-18-4-6-21(25(33)32-8-10-34-11-9-32)23(13-18)31-26(15-17-2-1-3-19(28)12-17)16-30-24-14-20(29)5-7-22(24)26/h1-7,12-14,30-31H,8-11,15-16H2. The van der Waals surface area contributed by atoms with Crippen molar-refractivity contribution in [1.82, 2.24) is 4.90 Å². The van der Waals surface area contributed by atoms with Crippen molar-refractivity contribution in [3.05, 3.63) is 91.9 Å². The van der Waals surface area contributed by atoms with Crippen LogP contribution in [-0.4, -0.2) is 43.7 Å². The van der Waals surface area contributed by atoms with Gasteiger partial charge in [0.1, 0.15) is 0 Å². The maximum atomic E-state index is 13.5. The van der Waals surface area contributed by atoms with Gasteiger partial charge in [0.15, 0.2) is 0 Å². The van der Waals surface area contributed by atoms with E-state index in [9.17, 15) is 4.79 Å². The van der Waals surface area contributed by atoms with Gasteiger partial charge >= 0.3 is 0 Å². The number of morpholine rings is 1. The third-order valence-corrected chi connectivity index (χ3v) is 7.32. The number of rotatable bonds is 5. The second kappa shape index (κ2) is 9.78. The van der Waals surface area contributed by atoms with E-state index in [1.165, 1.54) is 0 Å². The van der Waals surface area contributed by atoms with Gasteiger partial charge in [0.05, 0.1) is 24.3 Å². The third-order valence-electron chi connectivity index (χ3n) is 6.36. The highest BCUT2D eigenvalue weighted by Gasteiger charge is 2.40. The molecule has 3 aromatic rings. The number of hydrogen-bond donors (Lipinski definition) is 2. The molecule has 2 N–H and O–H groups in total. The van der Waals surface area contributed by atoms with Crippen molar-refractivity contribution < 1.29 is 9.53 Å². The maximum Gasteiger partial charge on any atom is 0.256 e. The Morgan fingerprint density at radius 2 is 1.85 bits per heavy atom. The zero-order valence-corrected chi connectivity index (χ0v) is 21.5. The van der Waals surface area contributed by atoms with Gasteiger partial charge in [-0.2, -0.15) is 0 Å². The van der Waals surface area contributed by atoms with E-state index in [1.807, 2.05) is 53.4 Å². The molecular formula is C26H24BrCl2N3O2. The van der Waals surface area contributed by atoms with Crippen LogP contribution in [0.2, 0.25) is 10.0 Å². The number of ether oxygens (including phenoxy) is 1. The number of halogens is 3. The van der Waals surface area contributed by atoms with Gasteiger partial charge in [-0.25, -0.2) is 0 Å². The Kier molecular flexibility index (Phi) is 6.76. The molecule has 0 bridgehead atoms. The minimum atomic E-state index is -0.508. The van der Waals surface area contributed by atoms with E-state index >= 15 is 0 Å². The Labute approximate surface area is 217 Å². The van der Waals surface area contributed by atoms with Crippen molar-refractivity contribution >= 4 is 56.4 Å². The molecule has 2 aliphatic rings. The highest BCUT2D eigenvalue weighted by Crippen LogP contribution is 2.42. The van der Waals surface area contributed by atoms with E-state index in [0.29, 0.717) is 54.9 Å². The molecule has 2 heterocycles. The predicted molar refractivity (Wildman–Crippen MR) is 141 cm³/mol. The molecule has 2 aliphatic heterocycles. The first-order chi connectivity index (χ1) is 16.4. The molecular weight excluding hydrogens is 537 g/mol. The van der Waals surface area contributed by atoms with Crippen LogP contribution in [0.25, 0.3) is 0 Å². The molecule has 0 saturated carbocycles. The molecule has 1 fully saturated rings. The molecule has 1 amide bonds. The highest BCUT2D eigenvalue weighted by atomic mass is 79.9. The van der Waals surface area contributed by atoms with E-state index < -0.39 is 5.54 Å². The van der Waals surface area contributed by atoms with Crippen LogP contribution in [0.3, 0.4) is 0 Å². The molecule has 176 valence electrons. The monoisotopic (exact) mass is 559 g/mol. The van der Waals surface area contributed by atoms with Crippen LogP contribution in [0.4, 0.5) is 11.4 Å². The second-order valence-electron chi connectivity index (χ2n) is 8.65. The molecule has 8 heteroatoms. The van der Waals surface area contributed by atoms with Gasteiger partial charge in [0.2, 0.25) is 0 Å². The fourth-order valence-electron chi connectivity index (χ4n) is 4.73. The lowest BCUT2D eigenvalue weighted by Crippen LogP contribution is -2.43. The van der Waals surface area contributed by atoms with Crippen molar-refractivity contribution in [2.45, 2.75) is 12.0 Å². The first-order valence-electron chi connectivity index (χ1n) is 11.2. The lowest BCUT2D eigenvalue weighted by atomic mass is 9.84. The maximum absolute atomic E-state index is 13.5. The largest absolute Gasteiger partial charge is 0.382 e. The van der Waals surface area contributed by atoms with E-state index in [1.54, 1.807) is 0 Å². The first kappa shape index (κ1) is 23.5. The molecule has 1 saturated heterocycles. The molecule has 0 spiro atoms. The predicted octanol–water partition coefficient (Wildman–Crippen LogP) is 6.20. The number of carbonyl (C=O) groups excluding carboxylic acids is 1. The van der Waals surface area contributed by atoms with Crippen LogP contribution in [0.15, 0.2) is 65.1 Å². The number of nitrogens with zero attached hydrogens (tertiary/aromatic N) is 1. The van der Waals surface area contributed by atoms with Crippen LogP contribution in [-0.2, 0) is 16.7 Å². The number of carbonyl (C=O) groups is 1. The first-order valence-corrected chi connectivity index (χ1v) is 12.7. The Bertz CT molecular complexity index is 1230. The minimum Gasteiger partial charge on any atom is -0.382 e. The molecule has 5 rings (SSSR count). The molecule has 3 aromatic carbocycles. The molecule has 34 heavy (non-hydrogen) atoms. The average molecular weight is 561 g/mol. The van der Waals surface area contributed by atoms with E-state index in [4.69, 9.17) is 27.9 Å². The molecule has 0 aromatic heterocycles. The number of fused-ring (bicyclic) bond motifs is 1. The summed E-state index contributed by atoms with van der Waals surface area (Å²) in [5.41, 5.74) is 4.08. The van der Waals surface area contributed by atoms with Gasteiger partial charge in [-0.1, -0.05) is 57.3 Å². The van der Waals surface area contributed by atoms with E-state index in [0.717, 1.165) is 27.0 Å². The summed E-state index contributed by atoms with van der Waals surface area (Å²) in [5.74, 6) is -0.00140. The van der Waals surface area contributed by atoms with Crippen molar-refractivity contribution in [3.8, 4) is 0 Å². The number of nitrogens with one attached hydrogen (secondary N) is 2. The smallest absolute Gasteiger partial charge is 0.256 e. The normalized spacial score (nSPS) is 19.4. The Morgan fingerprint density at radius 3 is 2.65 bits per heavy atom. The summed E-state index contributed by atoms with van der Waals surface area (Å²) < 4.78 is 6.33. The molecule has 1 atom stereocenters. The zero-order valence-electron chi connectivity index (χ0n) is 18.4. The summed E-state index contributed by atoms with van der Waals surface area (Å²) >= 11 is 16.2. The summed E-state index contributed by atoms with van der Waals surface area (Å²) in [6, 6.07) is 19.6. The van der Waals surface area contributed by atoms with Crippen molar-refractivity contribution in [2.75, 3.05) is 43.5 Å². The van der Waals surface area contributed by atoms with Crippen molar-refractivity contribution in [1.29, 1.82) is 0 Å². The minimum absolute atomic E-state index is 0.00140. The summed E-state index contributed by atoms with van der Waals surface area (Å²) in [4.78, 5) is 15.3.